The van der Waals surface area contributed by atoms with Crippen LogP contribution in [0.1, 0.15) is 37.9 Å². The Hall–Kier alpha value is -2.97. The van der Waals surface area contributed by atoms with Crippen LogP contribution in [0.15, 0.2) is 42.6 Å². The molecule has 2 aromatic rings. The lowest BCUT2D eigenvalue weighted by Crippen LogP contribution is -2.46. The number of hydrogen-bond donors (Lipinski definition) is 1. The van der Waals surface area contributed by atoms with Gasteiger partial charge in [-0.15, -0.1) is 0 Å². The van der Waals surface area contributed by atoms with E-state index in [2.05, 4.69) is 5.32 Å². The van der Waals surface area contributed by atoms with Crippen molar-refractivity contribution in [1.29, 1.82) is 0 Å². The standard InChI is InChI=1S/C23H29F3N4O2/c1-16(2)13-29(22(32)27-20-9-5-4-8-19(20)23(24,25)26)15-21(31)30(17-10-11-17)14-18-7-6-12-28(18)3/h4-9,12,16-17H,10-11,13-15H2,1-3H3,(H,27,32). The van der Waals surface area contributed by atoms with E-state index >= 15 is 0 Å². The Labute approximate surface area is 186 Å². The Kier molecular flexibility index (Phi) is 7.16. The van der Waals surface area contributed by atoms with Crippen molar-refractivity contribution in [3.8, 4) is 0 Å². The van der Waals surface area contributed by atoms with Crippen LogP contribution in [0.4, 0.5) is 23.7 Å². The van der Waals surface area contributed by atoms with E-state index in [1.165, 1.54) is 23.1 Å². The number of para-hydroxylation sites is 1. The number of benzene rings is 1. The molecule has 0 saturated heterocycles. The van der Waals surface area contributed by atoms with Crippen molar-refractivity contribution >= 4 is 17.6 Å². The van der Waals surface area contributed by atoms with Gasteiger partial charge in [-0.05, 0) is 43.0 Å². The highest BCUT2D eigenvalue weighted by molar-refractivity contribution is 5.93. The number of aryl methyl sites for hydroxylation is 1. The second-order valence-corrected chi connectivity index (χ2v) is 8.61. The van der Waals surface area contributed by atoms with E-state index in [4.69, 9.17) is 0 Å². The van der Waals surface area contributed by atoms with Crippen LogP contribution in [0, 0.1) is 5.92 Å². The Balaban J connectivity index is 1.75. The number of rotatable bonds is 8. The van der Waals surface area contributed by atoms with Crippen molar-refractivity contribution in [1.82, 2.24) is 14.4 Å². The fourth-order valence-corrected chi connectivity index (χ4v) is 3.59. The predicted octanol–water partition coefficient (Wildman–Crippen LogP) is 4.73. The molecule has 174 valence electrons. The first-order valence-electron chi connectivity index (χ1n) is 10.7. The smallest absolute Gasteiger partial charge is 0.353 e. The lowest BCUT2D eigenvalue weighted by molar-refractivity contribution is -0.137. The molecule has 1 aromatic carbocycles. The van der Waals surface area contributed by atoms with Crippen LogP contribution in [0.25, 0.3) is 0 Å². The molecule has 1 aliphatic carbocycles. The van der Waals surface area contributed by atoms with E-state index in [9.17, 15) is 22.8 Å². The third kappa shape index (κ3) is 6.05. The van der Waals surface area contributed by atoms with E-state index in [0.717, 1.165) is 24.6 Å². The van der Waals surface area contributed by atoms with E-state index < -0.39 is 17.8 Å². The average molecular weight is 451 g/mol. The minimum absolute atomic E-state index is 0.0358. The molecule has 0 radical (unpaired) electrons. The number of amides is 3. The summed E-state index contributed by atoms with van der Waals surface area (Å²) in [5.74, 6) is -0.178. The molecule has 0 atom stereocenters. The van der Waals surface area contributed by atoms with Gasteiger partial charge >= 0.3 is 12.2 Å². The van der Waals surface area contributed by atoms with Gasteiger partial charge in [0.15, 0.2) is 0 Å². The number of nitrogens with zero attached hydrogens (tertiary/aromatic N) is 3. The summed E-state index contributed by atoms with van der Waals surface area (Å²) >= 11 is 0. The minimum Gasteiger partial charge on any atom is -0.353 e. The van der Waals surface area contributed by atoms with E-state index in [-0.39, 0.29) is 36.6 Å². The lowest BCUT2D eigenvalue weighted by atomic mass is 10.1. The Morgan fingerprint density at radius 2 is 1.84 bits per heavy atom. The zero-order chi connectivity index (χ0) is 23.5. The highest BCUT2D eigenvalue weighted by Gasteiger charge is 2.36. The Morgan fingerprint density at radius 1 is 1.16 bits per heavy atom. The molecule has 1 N–H and O–H groups in total. The topological polar surface area (TPSA) is 57.6 Å². The normalized spacial score (nSPS) is 13.8. The molecule has 0 spiro atoms. The van der Waals surface area contributed by atoms with Crippen LogP contribution in [0.2, 0.25) is 0 Å². The van der Waals surface area contributed by atoms with Gasteiger partial charge in [0.2, 0.25) is 5.91 Å². The van der Waals surface area contributed by atoms with Crippen LogP contribution in [0.5, 0.6) is 0 Å². The average Bonchev–Trinajstić information content (AvgIpc) is 3.46. The number of anilines is 1. The first-order chi connectivity index (χ1) is 15.1. The summed E-state index contributed by atoms with van der Waals surface area (Å²) in [6.07, 6.45) is -0.876. The van der Waals surface area contributed by atoms with Crippen LogP contribution in [0.3, 0.4) is 0 Å². The monoisotopic (exact) mass is 450 g/mol. The van der Waals surface area contributed by atoms with Crippen molar-refractivity contribution in [2.24, 2.45) is 13.0 Å². The number of urea groups is 1. The van der Waals surface area contributed by atoms with Gasteiger partial charge in [0.1, 0.15) is 6.54 Å². The summed E-state index contributed by atoms with van der Waals surface area (Å²) in [4.78, 5) is 29.1. The van der Waals surface area contributed by atoms with Crippen LogP contribution in [-0.4, -0.2) is 45.4 Å². The SMILES string of the molecule is CC(C)CN(CC(=O)N(Cc1cccn1C)C1CC1)C(=O)Nc1ccccc1C(F)(F)F. The molecule has 0 bridgehead atoms. The number of aromatic nitrogens is 1. The molecule has 1 aliphatic rings. The molecular weight excluding hydrogens is 421 g/mol. The van der Waals surface area contributed by atoms with Crippen molar-refractivity contribution in [3.05, 3.63) is 53.9 Å². The lowest BCUT2D eigenvalue weighted by Gasteiger charge is -2.29. The predicted molar refractivity (Wildman–Crippen MR) is 116 cm³/mol. The van der Waals surface area contributed by atoms with Gasteiger partial charge in [-0.2, -0.15) is 13.2 Å². The maximum absolute atomic E-state index is 13.3. The summed E-state index contributed by atoms with van der Waals surface area (Å²) in [5.41, 5.74) is -0.272. The van der Waals surface area contributed by atoms with Crippen LogP contribution in [-0.2, 0) is 24.6 Å². The second-order valence-electron chi connectivity index (χ2n) is 8.61. The number of carbonyl (C=O) groups excluding carboxylic acids is 2. The third-order valence-electron chi connectivity index (χ3n) is 5.36. The molecule has 9 heteroatoms. The van der Waals surface area contributed by atoms with Gasteiger partial charge < -0.3 is 19.7 Å². The molecule has 1 fully saturated rings. The second kappa shape index (κ2) is 9.67. The largest absolute Gasteiger partial charge is 0.418 e. The zero-order valence-electron chi connectivity index (χ0n) is 18.5. The van der Waals surface area contributed by atoms with Gasteiger partial charge in [0.25, 0.3) is 0 Å². The molecule has 0 aliphatic heterocycles. The quantitative estimate of drug-likeness (QED) is 0.633. The number of carbonyl (C=O) groups is 2. The van der Waals surface area contributed by atoms with Crippen molar-refractivity contribution in [2.75, 3.05) is 18.4 Å². The van der Waals surface area contributed by atoms with Gasteiger partial charge in [0.05, 0.1) is 17.8 Å². The molecule has 1 heterocycles. The zero-order valence-corrected chi connectivity index (χ0v) is 18.5. The van der Waals surface area contributed by atoms with E-state index in [1.54, 1.807) is 4.90 Å². The maximum Gasteiger partial charge on any atom is 0.418 e. The summed E-state index contributed by atoms with van der Waals surface area (Å²) in [7, 11) is 1.90. The van der Waals surface area contributed by atoms with Crippen molar-refractivity contribution in [2.45, 2.75) is 45.5 Å². The highest BCUT2D eigenvalue weighted by Crippen LogP contribution is 2.34. The summed E-state index contributed by atoms with van der Waals surface area (Å²) in [6.45, 7) is 4.25. The first-order valence-corrected chi connectivity index (χ1v) is 10.7. The molecule has 1 aromatic heterocycles. The van der Waals surface area contributed by atoms with Gasteiger partial charge in [-0.1, -0.05) is 26.0 Å². The van der Waals surface area contributed by atoms with E-state index in [0.29, 0.717) is 6.54 Å². The molecule has 3 amide bonds. The fraction of sp³-hybridized carbons (Fsp3) is 0.478. The molecule has 3 rings (SSSR count). The maximum atomic E-state index is 13.3. The Bertz CT molecular complexity index is 951. The number of nitrogens with one attached hydrogen (secondary N) is 1. The van der Waals surface area contributed by atoms with E-state index in [1.807, 2.05) is 43.8 Å². The highest BCUT2D eigenvalue weighted by atomic mass is 19.4. The summed E-state index contributed by atoms with van der Waals surface area (Å²) in [6, 6.07) is 8.08. The first kappa shape index (κ1) is 23.7. The molecule has 1 saturated carbocycles. The minimum atomic E-state index is -4.60. The number of hydrogen-bond acceptors (Lipinski definition) is 2. The van der Waals surface area contributed by atoms with Gasteiger partial charge in [0, 0.05) is 31.5 Å². The fourth-order valence-electron chi connectivity index (χ4n) is 3.59. The molecule has 32 heavy (non-hydrogen) atoms. The molecule has 6 nitrogen and oxygen atoms in total. The number of alkyl halides is 3. The van der Waals surface area contributed by atoms with Gasteiger partial charge in [-0.25, -0.2) is 4.79 Å². The van der Waals surface area contributed by atoms with Crippen LogP contribution >= 0.6 is 0 Å². The molecular formula is C23H29F3N4O2. The van der Waals surface area contributed by atoms with Crippen molar-refractivity contribution in [3.63, 3.8) is 0 Å². The molecule has 0 unspecified atom stereocenters. The van der Waals surface area contributed by atoms with Gasteiger partial charge in [-0.3, -0.25) is 4.79 Å². The summed E-state index contributed by atoms with van der Waals surface area (Å²) < 4.78 is 41.9. The third-order valence-corrected chi connectivity index (χ3v) is 5.36. The Morgan fingerprint density at radius 3 is 2.41 bits per heavy atom. The number of halogens is 3. The van der Waals surface area contributed by atoms with Crippen molar-refractivity contribution < 1.29 is 22.8 Å². The summed E-state index contributed by atoms with van der Waals surface area (Å²) in [5, 5.41) is 2.36. The van der Waals surface area contributed by atoms with Crippen LogP contribution < -0.4 is 5.32 Å².